The second kappa shape index (κ2) is 8.22. The molecule has 0 radical (unpaired) electrons. The molecular formula is C15H13IN4O3. The van der Waals surface area contributed by atoms with Crippen molar-refractivity contribution in [1.82, 2.24) is 21.2 Å². The predicted molar refractivity (Wildman–Crippen MR) is 91.3 cm³/mol. The molecule has 2 rings (SSSR count). The van der Waals surface area contributed by atoms with Crippen molar-refractivity contribution in [1.29, 1.82) is 0 Å². The molecule has 8 heteroatoms. The van der Waals surface area contributed by atoms with Crippen molar-refractivity contribution in [2.24, 2.45) is 0 Å². The third-order valence-electron chi connectivity index (χ3n) is 2.77. The number of hydrogen-bond donors (Lipinski definition) is 3. The van der Waals surface area contributed by atoms with E-state index >= 15 is 0 Å². The first-order valence-corrected chi connectivity index (χ1v) is 7.67. The Kier molecular flexibility index (Phi) is 6.03. The Morgan fingerprint density at radius 2 is 1.78 bits per heavy atom. The van der Waals surface area contributed by atoms with Crippen LogP contribution in [-0.4, -0.2) is 29.3 Å². The van der Waals surface area contributed by atoms with Gasteiger partial charge >= 0.3 is 0 Å². The molecule has 0 bridgehead atoms. The molecule has 3 amide bonds. The molecule has 0 aliphatic carbocycles. The molecule has 0 aliphatic heterocycles. The molecular weight excluding hydrogens is 411 g/mol. The molecule has 23 heavy (non-hydrogen) atoms. The molecule has 0 unspecified atom stereocenters. The zero-order valence-corrected chi connectivity index (χ0v) is 14.0. The Balaban J connectivity index is 1.78. The fourth-order valence-electron chi connectivity index (χ4n) is 1.64. The molecule has 2 aromatic rings. The maximum Gasteiger partial charge on any atom is 0.271 e. The number of amides is 3. The van der Waals surface area contributed by atoms with Crippen LogP contribution in [0, 0.1) is 3.57 Å². The van der Waals surface area contributed by atoms with E-state index in [0.29, 0.717) is 11.1 Å². The number of rotatable bonds is 4. The summed E-state index contributed by atoms with van der Waals surface area (Å²) in [5.41, 5.74) is 5.26. The summed E-state index contributed by atoms with van der Waals surface area (Å²) in [6, 6.07) is 10.2. The first kappa shape index (κ1) is 16.9. The highest BCUT2D eigenvalue weighted by Gasteiger charge is 2.11. The third-order valence-corrected chi connectivity index (χ3v) is 3.71. The number of pyridine rings is 1. The molecule has 1 heterocycles. The van der Waals surface area contributed by atoms with Gasteiger partial charge in [0.05, 0.1) is 17.7 Å². The number of carbonyl (C=O) groups excluding carboxylic acids is 3. The Morgan fingerprint density at radius 3 is 2.48 bits per heavy atom. The summed E-state index contributed by atoms with van der Waals surface area (Å²) in [5, 5.41) is 2.48. The van der Waals surface area contributed by atoms with Crippen LogP contribution < -0.4 is 16.2 Å². The normalized spacial score (nSPS) is 9.78. The van der Waals surface area contributed by atoms with E-state index in [1.165, 1.54) is 12.4 Å². The van der Waals surface area contributed by atoms with E-state index in [1.807, 2.05) is 28.7 Å². The van der Waals surface area contributed by atoms with Crippen LogP contribution in [0.3, 0.4) is 0 Å². The Labute approximate surface area is 146 Å². The highest BCUT2D eigenvalue weighted by molar-refractivity contribution is 14.1. The van der Waals surface area contributed by atoms with Crippen molar-refractivity contribution in [3.63, 3.8) is 0 Å². The lowest BCUT2D eigenvalue weighted by atomic mass is 10.2. The third kappa shape index (κ3) is 5.02. The first-order chi connectivity index (χ1) is 11.1. The molecule has 0 atom stereocenters. The van der Waals surface area contributed by atoms with Gasteiger partial charge in [0, 0.05) is 16.0 Å². The second-order valence-corrected chi connectivity index (χ2v) is 5.57. The van der Waals surface area contributed by atoms with Gasteiger partial charge < -0.3 is 5.32 Å². The van der Waals surface area contributed by atoms with Gasteiger partial charge in [-0.25, -0.2) is 0 Å². The van der Waals surface area contributed by atoms with Crippen LogP contribution in [0.4, 0.5) is 0 Å². The molecule has 0 saturated carbocycles. The summed E-state index contributed by atoms with van der Waals surface area (Å²) in [5.74, 6) is -1.39. The average Bonchev–Trinajstić information content (AvgIpc) is 2.58. The lowest BCUT2D eigenvalue weighted by Crippen LogP contribution is -2.46. The van der Waals surface area contributed by atoms with Crippen molar-refractivity contribution in [3.8, 4) is 0 Å². The van der Waals surface area contributed by atoms with Crippen molar-refractivity contribution in [2.75, 3.05) is 6.54 Å². The number of carbonyl (C=O) groups is 3. The van der Waals surface area contributed by atoms with Gasteiger partial charge in [0.2, 0.25) is 0 Å². The van der Waals surface area contributed by atoms with Crippen molar-refractivity contribution < 1.29 is 14.4 Å². The average molecular weight is 424 g/mol. The molecule has 0 spiro atoms. The van der Waals surface area contributed by atoms with Crippen LogP contribution in [0.25, 0.3) is 0 Å². The highest BCUT2D eigenvalue weighted by atomic mass is 127. The first-order valence-electron chi connectivity index (χ1n) is 6.60. The van der Waals surface area contributed by atoms with Crippen LogP contribution in [0.5, 0.6) is 0 Å². The lowest BCUT2D eigenvalue weighted by Gasteiger charge is -2.09. The number of aromatic nitrogens is 1. The summed E-state index contributed by atoms with van der Waals surface area (Å²) >= 11 is 2.04. The Hall–Kier alpha value is -2.49. The zero-order valence-electron chi connectivity index (χ0n) is 11.9. The van der Waals surface area contributed by atoms with E-state index in [1.54, 1.807) is 30.3 Å². The molecule has 0 aliphatic rings. The van der Waals surface area contributed by atoms with Gasteiger partial charge in [0.25, 0.3) is 17.7 Å². The van der Waals surface area contributed by atoms with Crippen molar-refractivity contribution in [3.05, 3.63) is 63.5 Å². The monoisotopic (exact) mass is 424 g/mol. The Morgan fingerprint density at radius 1 is 1.00 bits per heavy atom. The molecule has 7 nitrogen and oxygen atoms in total. The standard InChI is InChI=1S/C15H13IN4O3/c16-12-6-2-1-5-11(12)15(23)18-9-13(21)19-20-14(22)10-4-3-7-17-8-10/h1-8H,9H2,(H,18,23)(H,19,21)(H,20,22). The maximum atomic E-state index is 11.9. The number of hydrazine groups is 1. The van der Waals surface area contributed by atoms with Crippen LogP contribution in [0.1, 0.15) is 20.7 Å². The van der Waals surface area contributed by atoms with Gasteiger partial charge in [-0.05, 0) is 46.9 Å². The largest absolute Gasteiger partial charge is 0.343 e. The van der Waals surface area contributed by atoms with Crippen LogP contribution in [0.2, 0.25) is 0 Å². The summed E-state index contributed by atoms with van der Waals surface area (Å²) < 4.78 is 0.785. The summed E-state index contributed by atoms with van der Waals surface area (Å²) in [7, 11) is 0. The molecule has 1 aromatic heterocycles. The van der Waals surface area contributed by atoms with Crippen molar-refractivity contribution in [2.45, 2.75) is 0 Å². The van der Waals surface area contributed by atoms with E-state index in [4.69, 9.17) is 0 Å². The van der Waals surface area contributed by atoms with Crippen molar-refractivity contribution >= 4 is 40.3 Å². The number of nitrogens with zero attached hydrogens (tertiary/aromatic N) is 1. The highest BCUT2D eigenvalue weighted by Crippen LogP contribution is 2.10. The van der Waals surface area contributed by atoms with Gasteiger partial charge in [0.1, 0.15) is 0 Å². The minimum absolute atomic E-state index is 0.253. The SMILES string of the molecule is O=C(CNC(=O)c1ccccc1I)NNC(=O)c1cccnc1. The summed E-state index contributed by atoms with van der Waals surface area (Å²) in [6.07, 6.45) is 2.91. The van der Waals surface area contributed by atoms with E-state index in [0.717, 1.165) is 3.57 Å². The molecule has 3 N–H and O–H groups in total. The minimum Gasteiger partial charge on any atom is -0.343 e. The van der Waals surface area contributed by atoms with E-state index < -0.39 is 11.8 Å². The smallest absolute Gasteiger partial charge is 0.271 e. The van der Waals surface area contributed by atoms with E-state index in [9.17, 15) is 14.4 Å². The molecule has 118 valence electrons. The number of nitrogens with one attached hydrogen (secondary N) is 3. The lowest BCUT2D eigenvalue weighted by molar-refractivity contribution is -0.120. The van der Waals surface area contributed by atoms with Crippen LogP contribution in [-0.2, 0) is 4.79 Å². The topological polar surface area (TPSA) is 100 Å². The number of halogens is 1. The zero-order chi connectivity index (χ0) is 16.7. The maximum absolute atomic E-state index is 11.9. The number of hydrogen-bond acceptors (Lipinski definition) is 4. The van der Waals surface area contributed by atoms with E-state index in [2.05, 4.69) is 21.2 Å². The van der Waals surface area contributed by atoms with E-state index in [-0.39, 0.29) is 12.5 Å². The fraction of sp³-hybridized carbons (Fsp3) is 0.0667. The molecule has 0 fully saturated rings. The fourth-order valence-corrected chi connectivity index (χ4v) is 2.27. The number of benzene rings is 1. The van der Waals surface area contributed by atoms with Gasteiger partial charge in [-0.2, -0.15) is 0 Å². The second-order valence-electron chi connectivity index (χ2n) is 4.41. The quantitative estimate of drug-likeness (QED) is 0.501. The molecule has 1 aromatic carbocycles. The minimum atomic E-state index is -0.540. The van der Waals surface area contributed by atoms with Crippen LogP contribution in [0.15, 0.2) is 48.8 Å². The van der Waals surface area contributed by atoms with Gasteiger partial charge in [-0.15, -0.1) is 0 Å². The summed E-state index contributed by atoms with van der Waals surface area (Å²) in [4.78, 5) is 39.1. The predicted octanol–water partition coefficient (Wildman–Crippen LogP) is 0.877. The van der Waals surface area contributed by atoms with Gasteiger partial charge in [-0.3, -0.25) is 30.2 Å². The molecule has 0 saturated heterocycles. The van der Waals surface area contributed by atoms with Gasteiger partial charge in [0.15, 0.2) is 0 Å². The van der Waals surface area contributed by atoms with Gasteiger partial charge in [-0.1, -0.05) is 12.1 Å². The van der Waals surface area contributed by atoms with Crippen LogP contribution >= 0.6 is 22.6 Å². The summed E-state index contributed by atoms with van der Waals surface area (Å²) in [6.45, 7) is -0.253. The Bertz CT molecular complexity index is 722.